The standard InChI is InChI=1S/C15H23NO3/c1-15(2,3)10-16(4)9-11-6-7-12(14(17)18)13(8-11)19-5/h6-8H,9-10H2,1-5H3,(H,17,18). The highest BCUT2D eigenvalue weighted by Gasteiger charge is 2.15. The van der Waals surface area contributed by atoms with E-state index >= 15 is 0 Å². The number of hydrogen-bond donors (Lipinski definition) is 1. The molecule has 0 atom stereocenters. The maximum atomic E-state index is 11.0. The quantitative estimate of drug-likeness (QED) is 0.889. The van der Waals surface area contributed by atoms with E-state index < -0.39 is 5.97 Å². The predicted octanol–water partition coefficient (Wildman–Crippen LogP) is 2.87. The number of rotatable bonds is 5. The van der Waals surface area contributed by atoms with Crippen LogP contribution in [-0.4, -0.2) is 36.7 Å². The molecular weight excluding hydrogens is 242 g/mol. The molecule has 0 aromatic heterocycles. The van der Waals surface area contributed by atoms with Gasteiger partial charge in [-0.1, -0.05) is 26.8 Å². The van der Waals surface area contributed by atoms with Gasteiger partial charge in [0.25, 0.3) is 0 Å². The zero-order valence-electron chi connectivity index (χ0n) is 12.4. The minimum Gasteiger partial charge on any atom is -0.496 e. The Kier molecular flexibility index (Phi) is 4.95. The van der Waals surface area contributed by atoms with Gasteiger partial charge in [-0.25, -0.2) is 4.79 Å². The fourth-order valence-electron chi connectivity index (χ4n) is 2.19. The minimum absolute atomic E-state index is 0.199. The van der Waals surface area contributed by atoms with Gasteiger partial charge in [0.05, 0.1) is 7.11 Å². The molecule has 0 bridgehead atoms. The third kappa shape index (κ3) is 4.91. The highest BCUT2D eigenvalue weighted by molar-refractivity contribution is 5.90. The van der Waals surface area contributed by atoms with Crippen LogP contribution in [0.3, 0.4) is 0 Å². The Bertz CT molecular complexity index is 449. The van der Waals surface area contributed by atoms with Crippen molar-refractivity contribution in [3.63, 3.8) is 0 Å². The average molecular weight is 265 g/mol. The van der Waals surface area contributed by atoms with E-state index in [1.807, 2.05) is 6.07 Å². The average Bonchev–Trinajstić information content (AvgIpc) is 2.25. The molecule has 4 nitrogen and oxygen atoms in total. The molecule has 4 heteroatoms. The molecule has 0 aliphatic heterocycles. The Morgan fingerprint density at radius 1 is 1.37 bits per heavy atom. The molecule has 0 saturated carbocycles. The lowest BCUT2D eigenvalue weighted by Gasteiger charge is -2.26. The maximum Gasteiger partial charge on any atom is 0.339 e. The molecule has 106 valence electrons. The number of methoxy groups -OCH3 is 1. The summed E-state index contributed by atoms with van der Waals surface area (Å²) in [5.74, 6) is -0.555. The topological polar surface area (TPSA) is 49.8 Å². The van der Waals surface area contributed by atoms with E-state index in [1.165, 1.54) is 7.11 Å². The molecule has 0 aliphatic rings. The van der Waals surface area contributed by atoms with Crippen molar-refractivity contribution < 1.29 is 14.6 Å². The second kappa shape index (κ2) is 6.06. The second-order valence-electron chi connectivity index (χ2n) is 6.07. The second-order valence-corrected chi connectivity index (χ2v) is 6.07. The van der Waals surface area contributed by atoms with Crippen molar-refractivity contribution in [1.29, 1.82) is 0 Å². The Morgan fingerprint density at radius 2 is 2.00 bits per heavy atom. The normalized spacial score (nSPS) is 11.7. The van der Waals surface area contributed by atoms with Crippen LogP contribution in [0.5, 0.6) is 5.75 Å². The first-order valence-electron chi connectivity index (χ1n) is 6.31. The largest absolute Gasteiger partial charge is 0.496 e. The molecule has 0 amide bonds. The molecule has 0 unspecified atom stereocenters. The number of benzene rings is 1. The van der Waals surface area contributed by atoms with Crippen LogP contribution in [0.15, 0.2) is 18.2 Å². The van der Waals surface area contributed by atoms with Crippen molar-refractivity contribution in [2.75, 3.05) is 20.7 Å². The maximum absolute atomic E-state index is 11.0. The lowest BCUT2D eigenvalue weighted by molar-refractivity contribution is 0.0693. The molecule has 0 spiro atoms. The van der Waals surface area contributed by atoms with Crippen molar-refractivity contribution in [3.05, 3.63) is 29.3 Å². The van der Waals surface area contributed by atoms with Gasteiger partial charge in [0.15, 0.2) is 0 Å². The molecular formula is C15H23NO3. The molecule has 1 N–H and O–H groups in total. The fraction of sp³-hybridized carbons (Fsp3) is 0.533. The number of ether oxygens (including phenoxy) is 1. The van der Waals surface area contributed by atoms with Gasteiger partial charge < -0.3 is 14.7 Å². The van der Waals surface area contributed by atoms with E-state index in [-0.39, 0.29) is 11.0 Å². The summed E-state index contributed by atoms with van der Waals surface area (Å²) in [5.41, 5.74) is 1.48. The molecule has 0 saturated heterocycles. The van der Waals surface area contributed by atoms with Crippen molar-refractivity contribution in [3.8, 4) is 5.75 Å². The van der Waals surface area contributed by atoms with Gasteiger partial charge in [0.2, 0.25) is 0 Å². The third-order valence-corrected chi connectivity index (χ3v) is 2.69. The summed E-state index contributed by atoms with van der Waals surface area (Å²) in [6.07, 6.45) is 0. The molecule has 1 aromatic rings. The van der Waals surface area contributed by atoms with Gasteiger partial charge in [-0.2, -0.15) is 0 Å². The van der Waals surface area contributed by atoms with Crippen molar-refractivity contribution in [2.45, 2.75) is 27.3 Å². The summed E-state index contributed by atoms with van der Waals surface area (Å²) in [6, 6.07) is 5.23. The van der Waals surface area contributed by atoms with Crippen molar-refractivity contribution >= 4 is 5.97 Å². The van der Waals surface area contributed by atoms with Crippen LogP contribution in [0, 0.1) is 5.41 Å². The minimum atomic E-state index is -0.966. The van der Waals surface area contributed by atoms with E-state index in [0.717, 1.165) is 18.7 Å². The Morgan fingerprint density at radius 3 is 2.47 bits per heavy atom. The first kappa shape index (κ1) is 15.5. The predicted molar refractivity (Wildman–Crippen MR) is 75.7 cm³/mol. The number of carboxylic acids is 1. The number of carbonyl (C=O) groups is 1. The lowest BCUT2D eigenvalue weighted by Crippen LogP contribution is -2.28. The fourth-order valence-corrected chi connectivity index (χ4v) is 2.19. The molecule has 0 radical (unpaired) electrons. The summed E-state index contributed by atoms with van der Waals surface area (Å²) in [6.45, 7) is 8.32. The van der Waals surface area contributed by atoms with Crippen molar-refractivity contribution in [2.24, 2.45) is 5.41 Å². The SMILES string of the molecule is COc1cc(CN(C)CC(C)(C)C)ccc1C(=O)O. The monoisotopic (exact) mass is 265 g/mol. The molecule has 0 aliphatic carbocycles. The summed E-state index contributed by atoms with van der Waals surface area (Å²) in [7, 11) is 3.55. The summed E-state index contributed by atoms with van der Waals surface area (Å²) >= 11 is 0. The van der Waals surface area contributed by atoms with E-state index in [0.29, 0.717) is 5.75 Å². The van der Waals surface area contributed by atoms with Crippen LogP contribution in [0.1, 0.15) is 36.7 Å². The number of hydrogen-bond acceptors (Lipinski definition) is 3. The van der Waals surface area contributed by atoms with Gasteiger partial charge in [0, 0.05) is 13.1 Å². The van der Waals surface area contributed by atoms with Gasteiger partial charge in [-0.05, 0) is 30.2 Å². The summed E-state index contributed by atoms with van der Waals surface area (Å²) < 4.78 is 5.13. The third-order valence-electron chi connectivity index (χ3n) is 2.69. The van der Waals surface area contributed by atoms with Crippen LogP contribution in [0.2, 0.25) is 0 Å². The molecule has 1 rings (SSSR count). The highest BCUT2D eigenvalue weighted by atomic mass is 16.5. The van der Waals surface area contributed by atoms with Crippen LogP contribution < -0.4 is 4.74 Å². The molecule has 0 heterocycles. The highest BCUT2D eigenvalue weighted by Crippen LogP contribution is 2.22. The Labute approximate surface area is 115 Å². The molecule has 19 heavy (non-hydrogen) atoms. The van der Waals surface area contributed by atoms with E-state index in [1.54, 1.807) is 12.1 Å². The van der Waals surface area contributed by atoms with Gasteiger partial charge in [-0.3, -0.25) is 0 Å². The molecule has 0 fully saturated rings. The van der Waals surface area contributed by atoms with E-state index in [4.69, 9.17) is 9.84 Å². The Balaban J connectivity index is 2.83. The smallest absolute Gasteiger partial charge is 0.339 e. The van der Waals surface area contributed by atoms with Crippen LogP contribution in [0.4, 0.5) is 0 Å². The number of aromatic carboxylic acids is 1. The zero-order valence-corrected chi connectivity index (χ0v) is 12.4. The van der Waals surface area contributed by atoms with Gasteiger partial charge in [-0.15, -0.1) is 0 Å². The van der Waals surface area contributed by atoms with Gasteiger partial charge >= 0.3 is 5.97 Å². The summed E-state index contributed by atoms with van der Waals surface area (Å²) in [4.78, 5) is 13.2. The van der Waals surface area contributed by atoms with Crippen LogP contribution >= 0.6 is 0 Å². The van der Waals surface area contributed by atoms with Crippen LogP contribution in [0.25, 0.3) is 0 Å². The summed E-state index contributed by atoms with van der Waals surface area (Å²) in [5, 5.41) is 9.03. The Hall–Kier alpha value is -1.55. The van der Waals surface area contributed by atoms with Crippen molar-refractivity contribution in [1.82, 2.24) is 4.90 Å². The van der Waals surface area contributed by atoms with Gasteiger partial charge in [0.1, 0.15) is 11.3 Å². The number of nitrogens with zero attached hydrogens (tertiary/aromatic N) is 1. The number of carboxylic acid groups (broad SMARTS) is 1. The van der Waals surface area contributed by atoms with E-state index in [9.17, 15) is 4.79 Å². The lowest BCUT2D eigenvalue weighted by atomic mass is 9.96. The molecule has 1 aromatic carbocycles. The van der Waals surface area contributed by atoms with E-state index in [2.05, 4.69) is 32.7 Å². The first-order valence-corrected chi connectivity index (χ1v) is 6.31. The van der Waals surface area contributed by atoms with Crippen LogP contribution in [-0.2, 0) is 6.54 Å². The first-order chi connectivity index (χ1) is 8.73. The zero-order chi connectivity index (χ0) is 14.6.